The molecule has 18 heavy (non-hydrogen) atoms. The number of rotatable bonds is 7. The lowest BCUT2D eigenvalue weighted by Gasteiger charge is -2.29. The molecule has 0 N–H and O–H groups in total. The van der Waals surface area contributed by atoms with Crippen LogP contribution < -0.4 is 12.4 Å². The Morgan fingerprint density at radius 2 is 1.83 bits per heavy atom. The average molecular weight is 270 g/mol. The van der Waals surface area contributed by atoms with Crippen LogP contribution in [0.2, 0.25) is 0 Å². The quantitative estimate of drug-likeness (QED) is 0.380. The molecule has 0 aromatic heterocycles. The lowest BCUT2D eigenvalue weighted by Crippen LogP contribution is -3.00. The largest absolute Gasteiger partial charge is 1.00 e. The Morgan fingerprint density at radius 1 is 1.22 bits per heavy atom. The van der Waals surface area contributed by atoms with Crippen LogP contribution in [0.25, 0.3) is 0 Å². The highest BCUT2D eigenvalue weighted by Crippen LogP contribution is 2.08. The van der Waals surface area contributed by atoms with Crippen molar-refractivity contribution >= 4 is 0 Å². The number of hydrogen-bond donors (Lipinski definition) is 0. The highest BCUT2D eigenvalue weighted by atomic mass is 35.5. The van der Waals surface area contributed by atoms with Gasteiger partial charge in [0.25, 0.3) is 0 Å². The molecule has 0 aliphatic carbocycles. The molecule has 0 amide bonds. The highest BCUT2D eigenvalue weighted by molar-refractivity contribution is 5.13. The van der Waals surface area contributed by atoms with Gasteiger partial charge in [0.15, 0.2) is 0 Å². The van der Waals surface area contributed by atoms with Gasteiger partial charge in [-0.05, 0) is 6.92 Å². The van der Waals surface area contributed by atoms with E-state index in [0.717, 1.165) is 29.8 Å². The van der Waals surface area contributed by atoms with Gasteiger partial charge >= 0.3 is 0 Å². The molecular formula is C15H24ClNO. The zero-order valence-electron chi connectivity index (χ0n) is 11.7. The Morgan fingerprint density at radius 3 is 2.39 bits per heavy atom. The van der Waals surface area contributed by atoms with Crippen LogP contribution in [0.1, 0.15) is 12.5 Å². The van der Waals surface area contributed by atoms with Crippen LogP contribution in [0.15, 0.2) is 42.5 Å². The second-order valence-corrected chi connectivity index (χ2v) is 5.31. The first-order valence-electron chi connectivity index (χ1n) is 6.08. The fraction of sp³-hybridized carbons (Fsp3) is 0.467. The average Bonchev–Trinajstić information content (AvgIpc) is 2.25. The maximum Gasteiger partial charge on any atom is 0.104 e. The Labute approximate surface area is 117 Å². The van der Waals surface area contributed by atoms with E-state index in [1.807, 2.05) is 6.92 Å². The van der Waals surface area contributed by atoms with Gasteiger partial charge in [-0.15, -0.1) is 0 Å². The smallest absolute Gasteiger partial charge is 0.104 e. The summed E-state index contributed by atoms with van der Waals surface area (Å²) in [6.45, 7) is 9.33. The van der Waals surface area contributed by atoms with Crippen LogP contribution in [0.3, 0.4) is 0 Å². The molecule has 0 spiro atoms. The lowest BCUT2D eigenvalue weighted by atomic mass is 10.2. The number of quaternary nitrogens is 1. The van der Waals surface area contributed by atoms with Gasteiger partial charge in [-0.3, -0.25) is 0 Å². The van der Waals surface area contributed by atoms with E-state index in [0.29, 0.717) is 6.61 Å². The van der Waals surface area contributed by atoms with Crippen molar-refractivity contribution in [2.75, 3.05) is 33.9 Å². The zero-order valence-corrected chi connectivity index (χ0v) is 12.4. The summed E-state index contributed by atoms with van der Waals surface area (Å²) in [6, 6.07) is 10.6. The fourth-order valence-corrected chi connectivity index (χ4v) is 1.71. The summed E-state index contributed by atoms with van der Waals surface area (Å²) in [5.74, 6) is 0. The van der Waals surface area contributed by atoms with E-state index in [2.05, 4.69) is 51.0 Å². The zero-order chi connectivity index (χ0) is 12.7. The molecule has 1 aromatic carbocycles. The second-order valence-electron chi connectivity index (χ2n) is 5.31. The Hall–Kier alpha value is -0.830. The molecule has 0 heterocycles. The monoisotopic (exact) mass is 269 g/mol. The highest BCUT2D eigenvalue weighted by Gasteiger charge is 2.15. The minimum atomic E-state index is 0. The minimum Gasteiger partial charge on any atom is -1.00 e. The molecule has 1 aromatic rings. The van der Waals surface area contributed by atoms with Gasteiger partial charge in [-0.1, -0.05) is 42.5 Å². The SMILES string of the molecule is C=C(C)COCC[N+](C)(C)Cc1ccccc1.[Cl-]. The summed E-state index contributed by atoms with van der Waals surface area (Å²) in [7, 11) is 4.47. The first-order chi connectivity index (χ1) is 7.99. The van der Waals surface area contributed by atoms with Crippen molar-refractivity contribution in [3.63, 3.8) is 0 Å². The Bertz CT molecular complexity index is 349. The van der Waals surface area contributed by atoms with E-state index in [1.54, 1.807) is 0 Å². The van der Waals surface area contributed by atoms with Crippen molar-refractivity contribution in [1.29, 1.82) is 0 Å². The molecule has 3 heteroatoms. The third kappa shape index (κ3) is 7.49. The van der Waals surface area contributed by atoms with E-state index in [1.165, 1.54) is 5.56 Å². The number of halogens is 1. The molecule has 0 fully saturated rings. The van der Waals surface area contributed by atoms with Crippen LogP contribution in [0, 0.1) is 0 Å². The van der Waals surface area contributed by atoms with E-state index >= 15 is 0 Å². The number of ether oxygens (including phenoxy) is 1. The third-order valence-electron chi connectivity index (χ3n) is 2.64. The predicted octanol–water partition coefficient (Wildman–Crippen LogP) is -0.140. The number of nitrogens with zero attached hydrogens (tertiary/aromatic N) is 1. The molecule has 0 bridgehead atoms. The summed E-state index contributed by atoms with van der Waals surface area (Å²) in [5.41, 5.74) is 2.45. The number of benzene rings is 1. The molecule has 1 rings (SSSR count). The Balaban J connectivity index is 0.00000289. The van der Waals surface area contributed by atoms with Crippen LogP contribution in [0.4, 0.5) is 0 Å². The van der Waals surface area contributed by atoms with Gasteiger partial charge in [0.1, 0.15) is 13.1 Å². The molecular weight excluding hydrogens is 246 g/mol. The molecule has 2 nitrogen and oxygen atoms in total. The third-order valence-corrected chi connectivity index (χ3v) is 2.64. The molecule has 0 aliphatic heterocycles. The summed E-state index contributed by atoms with van der Waals surface area (Å²) >= 11 is 0. The number of likely N-dealkylation sites (N-methyl/N-ethyl adjacent to an activating group) is 1. The summed E-state index contributed by atoms with van der Waals surface area (Å²) in [4.78, 5) is 0. The molecule has 0 aliphatic rings. The van der Waals surface area contributed by atoms with Crippen molar-refractivity contribution in [3.8, 4) is 0 Å². The maximum absolute atomic E-state index is 5.55. The van der Waals surface area contributed by atoms with Crippen LogP contribution in [-0.2, 0) is 11.3 Å². The molecule has 0 atom stereocenters. The first-order valence-corrected chi connectivity index (χ1v) is 6.08. The van der Waals surface area contributed by atoms with Gasteiger partial charge in [-0.25, -0.2) is 0 Å². The molecule has 0 radical (unpaired) electrons. The predicted molar refractivity (Wildman–Crippen MR) is 72.8 cm³/mol. The standard InChI is InChI=1S/C15H24NO.ClH/c1-14(2)13-17-11-10-16(3,4)12-15-8-6-5-7-9-15;/h5-9H,1,10-13H2,2-4H3;1H/q+1;/p-1. The van der Waals surface area contributed by atoms with Crippen molar-refractivity contribution in [1.82, 2.24) is 0 Å². The van der Waals surface area contributed by atoms with Gasteiger partial charge < -0.3 is 21.6 Å². The van der Waals surface area contributed by atoms with Gasteiger partial charge in [-0.2, -0.15) is 0 Å². The van der Waals surface area contributed by atoms with E-state index in [9.17, 15) is 0 Å². The van der Waals surface area contributed by atoms with E-state index < -0.39 is 0 Å². The molecule has 0 unspecified atom stereocenters. The number of hydrogen-bond acceptors (Lipinski definition) is 1. The summed E-state index contributed by atoms with van der Waals surface area (Å²) < 4.78 is 6.50. The van der Waals surface area contributed by atoms with Crippen LogP contribution in [0.5, 0.6) is 0 Å². The Kier molecular flexibility index (Phi) is 7.92. The molecule has 102 valence electrons. The van der Waals surface area contributed by atoms with Crippen molar-refractivity contribution < 1.29 is 21.6 Å². The molecule has 0 saturated carbocycles. The second kappa shape index (κ2) is 8.30. The van der Waals surface area contributed by atoms with Crippen LogP contribution in [-0.4, -0.2) is 38.3 Å². The maximum atomic E-state index is 5.55. The summed E-state index contributed by atoms with van der Waals surface area (Å²) in [5, 5.41) is 0. The van der Waals surface area contributed by atoms with E-state index in [4.69, 9.17) is 4.74 Å². The van der Waals surface area contributed by atoms with Crippen LogP contribution >= 0.6 is 0 Å². The normalized spacial score (nSPS) is 10.8. The van der Waals surface area contributed by atoms with Gasteiger partial charge in [0, 0.05) is 5.56 Å². The van der Waals surface area contributed by atoms with Crippen molar-refractivity contribution in [2.45, 2.75) is 13.5 Å². The van der Waals surface area contributed by atoms with Gasteiger partial charge in [0.05, 0.1) is 27.3 Å². The molecule has 0 saturated heterocycles. The van der Waals surface area contributed by atoms with Gasteiger partial charge in [0.2, 0.25) is 0 Å². The van der Waals surface area contributed by atoms with Crippen molar-refractivity contribution in [2.24, 2.45) is 0 Å². The summed E-state index contributed by atoms with van der Waals surface area (Å²) in [6.07, 6.45) is 0. The fourth-order valence-electron chi connectivity index (χ4n) is 1.71. The first kappa shape index (κ1) is 17.2. The minimum absolute atomic E-state index is 0. The van der Waals surface area contributed by atoms with Crippen molar-refractivity contribution in [3.05, 3.63) is 48.0 Å². The topological polar surface area (TPSA) is 9.23 Å². The van der Waals surface area contributed by atoms with E-state index in [-0.39, 0.29) is 12.4 Å². The lowest BCUT2D eigenvalue weighted by molar-refractivity contribution is -0.904.